The molecule has 0 bridgehead atoms. The highest BCUT2D eigenvalue weighted by Gasteiger charge is 2.30. The first-order chi connectivity index (χ1) is 11.4. The topological polar surface area (TPSA) is 49.6 Å². The second kappa shape index (κ2) is 6.48. The van der Waals surface area contributed by atoms with E-state index in [1.54, 1.807) is 0 Å². The van der Waals surface area contributed by atoms with E-state index in [0.29, 0.717) is 17.3 Å². The molecule has 0 radical (unpaired) electrons. The van der Waals surface area contributed by atoms with Gasteiger partial charge in [0.1, 0.15) is 5.76 Å². The number of carbonyl (C=O) groups is 1. The SMILES string of the molecule is Cc1noc(C)c1[C@@H](C)C(=O)N1CCCN(C)c2ccc(Cl)cc21. The number of hydrogen-bond donors (Lipinski definition) is 0. The van der Waals surface area contributed by atoms with Gasteiger partial charge in [0.2, 0.25) is 5.91 Å². The van der Waals surface area contributed by atoms with E-state index in [4.69, 9.17) is 16.1 Å². The van der Waals surface area contributed by atoms with Crippen molar-refractivity contribution in [2.45, 2.75) is 33.1 Å². The number of fused-ring (bicyclic) bond motifs is 1. The molecule has 24 heavy (non-hydrogen) atoms. The van der Waals surface area contributed by atoms with Crippen LogP contribution in [0.1, 0.15) is 36.3 Å². The van der Waals surface area contributed by atoms with E-state index in [0.717, 1.165) is 35.6 Å². The van der Waals surface area contributed by atoms with Gasteiger partial charge in [0.25, 0.3) is 0 Å². The zero-order valence-electron chi connectivity index (χ0n) is 14.5. The van der Waals surface area contributed by atoms with Crippen LogP contribution in [0.2, 0.25) is 5.02 Å². The lowest BCUT2D eigenvalue weighted by atomic mass is 9.97. The van der Waals surface area contributed by atoms with Gasteiger partial charge in [0.05, 0.1) is 23.0 Å². The quantitative estimate of drug-likeness (QED) is 0.826. The van der Waals surface area contributed by atoms with Gasteiger partial charge in [-0.25, -0.2) is 0 Å². The molecular weight excluding hydrogens is 326 g/mol. The number of carbonyl (C=O) groups excluding carboxylic acids is 1. The van der Waals surface area contributed by atoms with Crippen LogP contribution in [0, 0.1) is 13.8 Å². The lowest BCUT2D eigenvalue weighted by molar-refractivity contribution is -0.119. The summed E-state index contributed by atoms with van der Waals surface area (Å²) in [4.78, 5) is 17.2. The van der Waals surface area contributed by atoms with E-state index in [1.807, 2.05) is 50.9 Å². The second-order valence-corrected chi connectivity index (χ2v) is 6.79. The fraction of sp³-hybridized carbons (Fsp3) is 0.444. The number of rotatable bonds is 2. The monoisotopic (exact) mass is 347 g/mol. The molecule has 0 saturated heterocycles. The van der Waals surface area contributed by atoms with Crippen LogP contribution in [-0.2, 0) is 4.79 Å². The van der Waals surface area contributed by atoms with E-state index in [-0.39, 0.29) is 11.8 Å². The maximum atomic E-state index is 13.2. The summed E-state index contributed by atoms with van der Waals surface area (Å²) in [7, 11) is 2.04. The molecule has 1 aromatic heterocycles. The average Bonchev–Trinajstić information content (AvgIpc) is 2.79. The molecule has 0 fully saturated rings. The summed E-state index contributed by atoms with van der Waals surface area (Å²) in [5.74, 6) is 0.432. The van der Waals surface area contributed by atoms with Gasteiger partial charge in [-0.15, -0.1) is 0 Å². The number of amides is 1. The molecule has 2 heterocycles. The third-order valence-corrected chi connectivity index (χ3v) is 4.91. The van der Waals surface area contributed by atoms with Gasteiger partial charge < -0.3 is 14.3 Å². The Kier molecular flexibility index (Phi) is 4.54. The highest BCUT2D eigenvalue weighted by Crippen LogP contribution is 2.36. The number of benzene rings is 1. The molecule has 1 amide bonds. The first-order valence-corrected chi connectivity index (χ1v) is 8.52. The molecule has 1 atom stereocenters. The van der Waals surface area contributed by atoms with E-state index in [9.17, 15) is 4.79 Å². The molecule has 5 nitrogen and oxygen atoms in total. The number of anilines is 2. The first kappa shape index (κ1) is 16.8. The van der Waals surface area contributed by atoms with Crippen molar-refractivity contribution in [3.05, 3.63) is 40.2 Å². The van der Waals surface area contributed by atoms with Gasteiger partial charge in [-0.2, -0.15) is 0 Å². The van der Waals surface area contributed by atoms with Crippen molar-refractivity contribution in [2.75, 3.05) is 29.9 Å². The lowest BCUT2D eigenvalue weighted by Gasteiger charge is -2.27. The Hall–Kier alpha value is -2.01. The van der Waals surface area contributed by atoms with Crippen LogP contribution >= 0.6 is 11.6 Å². The van der Waals surface area contributed by atoms with Gasteiger partial charge in [0, 0.05) is 30.7 Å². The molecule has 6 heteroatoms. The van der Waals surface area contributed by atoms with Gasteiger partial charge >= 0.3 is 0 Å². The molecule has 0 aliphatic carbocycles. The van der Waals surface area contributed by atoms with Crippen LogP contribution in [0.4, 0.5) is 11.4 Å². The molecule has 0 N–H and O–H groups in total. The van der Waals surface area contributed by atoms with Crippen LogP contribution < -0.4 is 9.80 Å². The van der Waals surface area contributed by atoms with Crippen molar-refractivity contribution in [2.24, 2.45) is 0 Å². The highest BCUT2D eigenvalue weighted by molar-refractivity contribution is 6.31. The zero-order chi connectivity index (χ0) is 17.4. The Morgan fingerprint density at radius 2 is 2.04 bits per heavy atom. The van der Waals surface area contributed by atoms with Crippen LogP contribution in [0.15, 0.2) is 22.7 Å². The summed E-state index contributed by atoms with van der Waals surface area (Å²) >= 11 is 6.20. The zero-order valence-corrected chi connectivity index (χ0v) is 15.2. The van der Waals surface area contributed by atoms with Gasteiger partial charge in [0.15, 0.2) is 0 Å². The summed E-state index contributed by atoms with van der Waals surface area (Å²) in [5.41, 5.74) is 3.54. The van der Waals surface area contributed by atoms with Crippen LogP contribution in [0.3, 0.4) is 0 Å². The van der Waals surface area contributed by atoms with Gasteiger partial charge in [-0.05, 0) is 45.4 Å². The third kappa shape index (κ3) is 2.88. The Morgan fingerprint density at radius 3 is 2.71 bits per heavy atom. The Labute approximate surface area is 147 Å². The standard InChI is InChI=1S/C18H22ClN3O2/c1-11(17-12(2)20-24-13(17)3)18(23)22-9-5-8-21(4)15-7-6-14(19)10-16(15)22/h6-7,10-11H,5,8-9H2,1-4H3/t11-/m1/s1. The van der Waals surface area contributed by atoms with Crippen molar-refractivity contribution >= 4 is 28.9 Å². The normalized spacial score (nSPS) is 15.9. The fourth-order valence-electron chi connectivity index (χ4n) is 3.44. The van der Waals surface area contributed by atoms with E-state index in [1.165, 1.54) is 0 Å². The highest BCUT2D eigenvalue weighted by atomic mass is 35.5. The Bertz CT molecular complexity index is 752. The number of halogens is 1. The van der Waals surface area contributed by atoms with Crippen molar-refractivity contribution in [1.82, 2.24) is 5.16 Å². The predicted molar refractivity (Wildman–Crippen MR) is 96.1 cm³/mol. The van der Waals surface area contributed by atoms with E-state index in [2.05, 4.69) is 10.1 Å². The molecule has 0 saturated carbocycles. The first-order valence-electron chi connectivity index (χ1n) is 8.15. The van der Waals surface area contributed by atoms with E-state index >= 15 is 0 Å². The molecule has 1 aliphatic heterocycles. The minimum Gasteiger partial charge on any atom is -0.373 e. The Morgan fingerprint density at radius 1 is 1.29 bits per heavy atom. The molecule has 0 spiro atoms. The maximum absolute atomic E-state index is 13.2. The molecule has 128 valence electrons. The number of nitrogens with zero attached hydrogens (tertiary/aromatic N) is 3. The number of aromatic nitrogens is 1. The fourth-order valence-corrected chi connectivity index (χ4v) is 3.60. The maximum Gasteiger partial charge on any atom is 0.234 e. The summed E-state index contributed by atoms with van der Waals surface area (Å²) in [6.07, 6.45) is 0.906. The number of aryl methyl sites for hydroxylation is 2. The minimum atomic E-state index is -0.313. The van der Waals surface area contributed by atoms with Crippen LogP contribution in [0.5, 0.6) is 0 Å². The summed E-state index contributed by atoms with van der Waals surface area (Å²) in [6.45, 7) is 7.20. The average molecular weight is 348 g/mol. The summed E-state index contributed by atoms with van der Waals surface area (Å²) in [6, 6.07) is 5.71. The second-order valence-electron chi connectivity index (χ2n) is 6.36. The van der Waals surface area contributed by atoms with Crippen LogP contribution in [0.25, 0.3) is 0 Å². The lowest BCUT2D eigenvalue weighted by Crippen LogP contribution is -2.35. The summed E-state index contributed by atoms with van der Waals surface area (Å²) in [5, 5.41) is 4.61. The largest absolute Gasteiger partial charge is 0.373 e. The smallest absolute Gasteiger partial charge is 0.234 e. The molecule has 1 aromatic carbocycles. The van der Waals surface area contributed by atoms with Crippen molar-refractivity contribution in [1.29, 1.82) is 0 Å². The summed E-state index contributed by atoms with van der Waals surface area (Å²) < 4.78 is 5.23. The molecule has 2 aromatic rings. The Balaban J connectivity index is 2.01. The molecule has 1 aliphatic rings. The van der Waals surface area contributed by atoms with Crippen molar-refractivity contribution < 1.29 is 9.32 Å². The van der Waals surface area contributed by atoms with Crippen molar-refractivity contribution in [3.8, 4) is 0 Å². The predicted octanol–water partition coefficient (Wildman–Crippen LogP) is 3.92. The van der Waals surface area contributed by atoms with E-state index < -0.39 is 0 Å². The third-order valence-electron chi connectivity index (χ3n) is 4.67. The van der Waals surface area contributed by atoms with Crippen molar-refractivity contribution in [3.63, 3.8) is 0 Å². The molecule has 3 rings (SSSR count). The number of hydrogen-bond acceptors (Lipinski definition) is 4. The van der Waals surface area contributed by atoms with Crippen LogP contribution in [-0.4, -0.2) is 31.2 Å². The van der Waals surface area contributed by atoms with Gasteiger partial charge in [-0.3, -0.25) is 4.79 Å². The molecular formula is C18H22ClN3O2. The minimum absolute atomic E-state index is 0.0446. The molecule has 0 unspecified atom stereocenters. The van der Waals surface area contributed by atoms with Gasteiger partial charge in [-0.1, -0.05) is 16.8 Å².